The van der Waals surface area contributed by atoms with E-state index in [9.17, 15) is 18.4 Å². The molecule has 0 spiro atoms. The number of nitrogens with one attached hydrogen (secondary N) is 1. The summed E-state index contributed by atoms with van der Waals surface area (Å²) in [5, 5.41) is 2.20. The van der Waals surface area contributed by atoms with Crippen LogP contribution in [0.3, 0.4) is 0 Å². The molecule has 0 aliphatic heterocycles. The van der Waals surface area contributed by atoms with Crippen LogP contribution in [-0.2, 0) is 20.7 Å². The van der Waals surface area contributed by atoms with Crippen LogP contribution >= 0.6 is 0 Å². The maximum Gasteiger partial charge on any atom is 0.306 e. The fourth-order valence-corrected chi connectivity index (χ4v) is 2.39. The minimum Gasteiger partial charge on any atom is -0.497 e. The SMILES string of the molecule is COc1cc(CCC(=O)O[C@@H](C)C(=O)Nc2cc(F)ccc2F)cc(OC)c1. The zero-order chi connectivity index (χ0) is 20.7. The lowest BCUT2D eigenvalue weighted by molar-refractivity contribution is -0.153. The van der Waals surface area contributed by atoms with Crippen LogP contribution in [0.25, 0.3) is 0 Å². The van der Waals surface area contributed by atoms with Gasteiger partial charge in [0.25, 0.3) is 5.91 Å². The van der Waals surface area contributed by atoms with Crippen molar-refractivity contribution in [1.82, 2.24) is 0 Å². The molecular weight excluding hydrogens is 372 g/mol. The zero-order valence-corrected chi connectivity index (χ0v) is 15.8. The Kier molecular flexibility index (Phi) is 7.31. The molecule has 2 aromatic rings. The van der Waals surface area contributed by atoms with Crippen LogP contribution in [0.4, 0.5) is 14.5 Å². The number of carbonyl (C=O) groups excluding carboxylic acids is 2. The van der Waals surface area contributed by atoms with Crippen LogP contribution < -0.4 is 14.8 Å². The summed E-state index contributed by atoms with van der Waals surface area (Å²) in [6, 6.07) is 7.90. The topological polar surface area (TPSA) is 73.9 Å². The lowest BCUT2D eigenvalue weighted by atomic mass is 10.1. The highest BCUT2D eigenvalue weighted by Gasteiger charge is 2.19. The molecule has 2 rings (SSSR count). The molecular formula is C20H21F2NO5. The minimum atomic E-state index is -1.17. The summed E-state index contributed by atoms with van der Waals surface area (Å²) in [7, 11) is 3.04. The van der Waals surface area contributed by atoms with E-state index in [1.807, 2.05) is 0 Å². The van der Waals surface area contributed by atoms with Gasteiger partial charge in [0.1, 0.15) is 23.1 Å². The number of ether oxygens (including phenoxy) is 3. The molecule has 150 valence electrons. The Labute approximate surface area is 161 Å². The first-order valence-electron chi connectivity index (χ1n) is 8.49. The smallest absolute Gasteiger partial charge is 0.306 e. The van der Waals surface area contributed by atoms with Gasteiger partial charge in [-0.25, -0.2) is 8.78 Å². The molecule has 1 amide bonds. The molecule has 2 aromatic carbocycles. The fraction of sp³-hybridized carbons (Fsp3) is 0.300. The van der Waals surface area contributed by atoms with Gasteiger partial charge in [-0.2, -0.15) is 0 Å². The zero-order valence-electron chi connectivity index (χ0n) is 15.8. The highest BCUT2D eigenvalue weighted by molar-refractivity contribution is 5.95. The second-order valence-corrected chi connectivity index (χ2v) is 5.97. The van der Waals surface area contributed by atoms with Gasteiger partial charge in [0.2, 0.25) is 0 Å². The number of benzene rings is 2. The Balaban J connectivity index is 1.90. The number of rotatable bonds is 8. The van der Waals surface area contributed by atoms with Crippen molar-refractivity contribution in [3.63, 3.8) is 0 Å². The molecule has 0 saturated carbocycles. The predicted molar refractivity (Wildman–Crippen MR) is 98.4 cm³/mol. The fourth-order valence-electron chi connectivity index (χ4n) is 2.39. The number of esters is 1. The molecule has 8 heteroatoms. The van der Waals surface area contributed by atoms with Crippen molar-refractivity contribution >= 4 is 17.6 Å². The van der Waals surface area contributed by atoms with Crippen molar-refractivity contribution in [1.29, 1.82) is 0 Å². The van der Waals surface area contributed by atoms with Gasteiger partial charge < -0.3 is 19.5 Å². The molecule has 1 N–H and O–H groups in total. The number of carbonyl (C=O) groups is 2. The van der Waals surface area contributed by atoms with Gasteiger partial charge in [-0.3, -0.25) is 9.59 Å². The first-order chi connectivity index (χ1) is 13.3. The van der Waals surface area contributed by atoms with E-state index in [2.05, 4.69) is 5.32 Å². The van der Waals surface area contributed by atoms with Crippen LogP contribution in [0.5, 0.6) is 11.5 Å². The highest BCUT2D eigenvalue weighted by Crippen LogP contribution is 2.23. The molecule has 28 heavy (non-hydrogen) atoms. The van der Waals surface area contributed by atoms with Gasteiger partial charge >= 0.3 is 5.97 Å². The number of hydrogen-bond acceptors (Lipinski definition) is 5. The van der Waals surface area contributed by atoms with Gasteiger partial charge in [0.15, 0.2) is 6.10 Å². The van der Waals surface area contributed by atoms with Crippen LogP contribution in [0.1, 0.15) is 18.9 Å². The van der Waals surface area contributed by atoms with Gasteiger partial charge in [0.05, 0.1) is 19.9 Å². The Hall–Kier alpha value is -3.16. The Bertz CT molecular complexity index is 834. The Morgan fingerprint density at radius 2 is 1.68 bits per heavy atom. The number of hydrogen-bond donors (Lipinski definition) is 1. The maximum atomic E-state index is 13.6. The maximum absolute atomic E-state index is 13.6. The molecule has 0 saturated heterocycles. The van der Waals surface area contributed by atoms with Crippen LogP contribution in [0, 0.1) is 11.6 Å². The van der Waals surface area contributed by atoms with Crippen molar-refractivity contribution in [3.8, 4) is 11.5 Å². The highest BCUT2D eigenvalue weighted by atomic mass is 19.1. The summed E-state index contributed by atoms with van der Waals surface area (Å²) < 4.78 is 42.1. The molecule has 0 unspecified atom stereocenters. The van der Waals surface area contributed by atoms with Crippen molar-refractivity contribution in [2.24, 2.45) is 0 Å². The second kappa shape index (κ2) is 9.68. The number of aryl methyl sites for hydroxylation is 1. The minimum absolute atomic E-state index is 0.0161. The third kappa shape index (κ3) is 5.94. The normalized spacial score (nSPS) is 11.5. The summed E-state index contributed by atoms with van der Waals surface area (Å²) >= 11 is 0. The predicted octanol–water partition coefficient (Wildman–Crippen LogP) is 3.49. The first kappa shape index (κ1) is 21.1. The van der Waals surface area contributed by atoms with E-state index in [1.54, 1.807) is 18.2 Å². The molecule has 0 aromatic heterocycles. The van der Waals surface area contributed by atoms with E-state index >= 15 is 0 Å². The summed E-state index contributed by atoms with van der Waals surface area (Å²) in [4.78, 5) is 24.1. The number of anilines is 1. The van der Waals surface area contributed by atoms with Crippen molar-refractivity contribution in [2.75, 3.05) is 19.5 Å². The van der Waals surface area contributed by atoms with Crippen molar-refractivity contribution in [3.05, 3.63) is 53.6 Å². The molecule has 0 aliphatic carbocycles. The molecule has 6 nitrogen and oxygen atoms in total. The summed E-state index contributed by atoms with van der Waals surface area (Å²) in [5.74, 6) is -1.68. The van der Waals surface area contributed by atoms with E-state index in [-0.39, 0.29) is 12.1 Å². The molecule has 0 bridgehead atoms. The van der Waals surface area contributed by atoms with E-state index in [1.165, 1.54) is 21.1 Å². The lowest BCUT2D eigenvalue weighted by Crippen LogP contribution is -2.30. The molecule has 0 radical (unpaired) electrons. The first-order valence-corrected chi connectivity index (χ1v) is 8.49. The van der Waals surface area contributed by atoms with Gasteiger partial charge in [-0.1, -0.05) is 0 Å². The van der Waals surface area contributed by atoms with Crippen LogP contribution in [0.2, 0.25) is 0 Å². The van der Waals surface area contributed by atoms with Crippen LogP contribution in [-0.4, -0.2) is 32.2 Å². The third-order valence-electron chi connectivity index (χ3n) is 3.89. The lowest BCUT2D eigenvalue weighted by Gasteiger charge is -2.14. The number of halogens is 2. The quantitative estimate of drug-likeness (QED) is 0.695. The molecule has 1 atom stereocenters. The van der Waals surface area contributed by atoms with Crippen LogP contribution in [0.15, 0.2) is 36.4 Å². The number of methoxy groups -OCH3 is 2. The van der Waals surface area contributed by atoms with E-state index in [0.29, 0.717) is 17.9 Å². The van der Waals surface area contributed by atoms with Crippen molar-refractivity contribution < 1.29 is 32.6 Å². The average molecular weight is 393 g/mol. The monoisotopic (exact) mass is 393 g/mol. The summed E-state index contributed by atoms with van der Waals surface area (Å²) in [5.41, 5.74) is 0.475. The van der Waals surface area contributed by atoms with Gasteiger partial charge in [-0.15, -0.1) is 0 Å². The second-order valence-electron chi connectivity index (χ2n) is 5.97. The summed E-state index contributed by atoms with van der Waals surface area (Å²) in [6.45, 7) is 1.35. The third-order valence-corrected chi connectivity index (χ3v) is 3.89. The Morgan fingerprint density at radius 3 is 2.29 bits per heavy atom. The van der Waals surface area contributed by atoms with Gasteiger partial charge in [0, 0.05) is 18.6 Å². The standard InChI is InChI=1S/C20H21F2NO5/c1-12(20(25)23-18-10-14(21)5-6-17(18)22)28-19(24)7-4-13-8-15(26-2)11-16(9-13)27-3/h5-6,8-12H,4,7H2,1-3H3,(H,23,25)/t12-/m0/s1. The molecule has 0 heterocycles. The summed E-state index contributed by atoms with van der Waals surface area (Å²) in [6.07, 6.45) is -0.809. The number of amides is 1. The molecule has 0 fully saturated rings. The van der Waals surface area contributed by atoms with E-state index in [0.717, 1.165) is 23.8 Å². The van der Waals surface area contributed by atoms with Gasteiger partial charge in [-0.05, 0) is 43.2 Å². The average Bonchev–Trinajstić information content (AvgIpc) is 2.68. The van der Waals surface area contributed by atoms with E-state index < -0.39 is 29.6 Å². The van der Waals surface area contributed by atoms with E-state index in [4.69, 9.17) is 14.2 Å². The molecule has 0 aliphatic rings. The Morgan fingerprint density at radius 1 is 1.04 bits per heavy atom. The largest absolute Gasteiger partial charge is 0.497 e. The van der Waals surface area contributed by atoms with Crippen molar-refractivity contribution in [2.45, 2.75) is 25.9 Å².